The predicted octanol–water partition coefficient (Wildman–Crippen LogP) is 4.49. The van der Waals surface area contributed by atoms with E-state index in [9.17, 15) is 9.36 Å². The molecule has 6 nitrogen and oxygen atoms in total. The van der Waals surface area contributed by atoms with Gasteiger partial charge in [-0.2, -0.15) is 0 Å². The Kier molecular flexibility index (Phi) is 11.5. The van der Waals surface area contributed by atoms with Gasteiger partial charge in [0.25, 0.3) is 0 Å². The Morgan fingerprint density at radius 1 is 1.04 bits per heavy atom. The van der Waals surface area contributed by atoms with E-state index in [2.05, 4.69) is 5.32 Å². The first-order chi connectivity index (χ1) is 12.6. The molecule has 0 saturated heterocycles. The quantitative estimate of drug-likeness (QED) is 0.289. The van der Waals surface area contributed by atoms with Crippen LogP contribution in [0.15, 0.2) is 30.3 Å². The molecule has 26 heavy (non-hydrogen) atoms. The summed E-state index contributed by atoms with van der Waals surface area (Å²) in [5.74, 6) is -0.608. The minimum atomic E-state index is -3.27. The molecule has 0 aromatic heterocycles. The number of hydrogen-bond donors (Lipinski definition) is 1. The Bertz CT molecular complexity index is 542. The molecule has 0 bridgehead atoms. The van der Waals surface area contributed by atoms with Crippen molar-refractivity contribution in [3.8, 4) is 0 Å². The smallest absolute Gasteiger partial charge is 0.347 e. The summed E-state index contributed by atoms with van der Waals surface area (Å²) in [5.41, 5.74) is 1.10. The highest BCUT2D eigenvalue weighted by atomic mass is 31.2. The fourth-order valence-electron chi connectivity index (χ4n) is 2.62. The van der Waals surface area contributed by atoms with Gasteiger partial charge in [-0.25, -0.2) is 0 Å². The number of esters is 1. The van der Waals surface area contributed by atoms with Crippen LogP contribution in [0, 0.1) is 0 Å². The Balaban J connectivity index is 2.67. The van der Waals surface area contributed by atoms with Crippen molar-refractivity contribution in [2.24, 2.45) is 0 Å². The summed E-state index contributed by atoms with van der Waals surface area (Å²) in [6.45, 7) is 7.02. The van der Waals surface area contributed by atoms with Crippen LogP contribution in [0.1, 0.15) is 52.0 Å². The lowest BCUT2D eigenvalue weighted by atomic mass is 10.2. The van der Waals surface area contributed by atoms with Crippen LogP contribution in [0.2, 0.25) is 0 Å². The topological polar surface area (TPSA) is 73.9 Å². The van der Waals surface area contributed by atoms with Crippen molar-refractivity contribution in [3.05, 3.63) is 35.9 Å². The number of rotatable bonds is 14. The van der Waals surface area contributed by atoms with Crippen LogP contribution < -0.4 is 5.32 Å². The summed E-state index contributed by atoms with van der Waals surface area (Å²) < 4.78 is 29.1. The maximum absolute atomic E-state index is 13.2. The molecule has 1 atom stereocenters. The van der Waals surface area contributed by atoms with Crippen LogP contribution in [0.3, 0.4) is 0 Å². The van der Waals surface area contributed by atoms with Gasteiger partial charge in [-0.15, -0.1) is 0 Å². The largest absolute Gasteiger partial charge is 0.466 e. The van der Waals surface area contributed by atoms with Gasteiger partial charge in [-0.05, 0) is 39.2 Å². The van der Waals surface area contributed by atoms with E-state index in [-0.39, 0.29) is 5.97 Å². The third-order valence-electron chi connectivity index (χ3n) is 3.80. The van der Waals surface area contributed by atoms with Crippen LogP contribution in [0.25, 0.3) is 0 Å². The van der Waals surface area contributed by atoms with Crippen molar-refractivity contribution in [3.63, 3.8) is 0 Å². The van der Waals surface area contributed by atoms with E-state index in [1.54, 1.807) is 20.8 Å². The lowest BCUT2D eigenvalue weighted by Crippen LogP contribution is -2.30. The van der Waals surface area contributed by atoms with Gasteiger partial charge in [0, 0.05) is 13.0 Å². The minimum absolute atomic E-state index is 0.195. The molecule has 1 unspecified atom stereocenters. The van der Waals surface area contributed by atoms with Gasteiger partial charge >= 0.3 is 13.6 Å². The molecule has 0 fully saturated rings. The molecule has 1 rings (SSSR count). The summed E-state index contributed by atoms with van der Waals surface area (Å²) in [5, 5.41) is 3.33. The zero-order chi connectivity index (χ0) is 19.3. The molecule has 0 aliphatic heterocycles. The van der Waals surface area contributed by atoms with Crippen LogP contribution in [-0.2, 0) is 29.7 Å². The van der Waals surface area contributed by atoms with Crippen molar-refractivity contribution in [1.82, 2.24) is 5.32 Å². The number of nitrogens with one attached hydrogen (secondary N) is 1. The van der Waals surface area contributed by atoms with E-state index < -0.39 is 13.4 Å². The molecule has 1 aromatic carbocycles. The molecular weight excluding hydrogens is 353 g/mol. The molecule has 0 radical (unpaired) electrons. The first-order valence-electron chi connectivity index (χ1n) is 9.37. The van der Waals surface area contributed by atoms with Crippen molar-refractivity contribution in [1.29, 1.82) is 0 Å². The number of unbranched alkanes of at least 4 members (excludes halogenated alkanes) is 1. The molecule has 0 heterocycles. The average molecular weight is 385 g/mol. The Morgan fingerprint density at radius 2 is 1.69 bits per heavy atom. The van der Waals surface area contributed by atoms with E-state index in [0.717, 1.165) is 12.0 Å². The molecule has 0 saturated carbocycles. The highest BCUT2D eigenvalue weighted by molar-refractivity contribution is 7.54. The predicted molar refractivity (Wildman–Crippen MR) is 103 cm³/mol. The maximum atomic E-state index is 13.2. The van der Waals surface area contributed by atoms with Crippen molar-refractivity contribution >= 4 is 13.6 Å². The van der Waals surface area contributed by atoms with Crippen molar-refractivity contribution in [2.45, 2.75) is 58.8 Å². The number of ether oxygens (including phenoxy) is 1. The molecule has 148 valence electrons. The molecule has 0 aliphatic rings. The standard InChI is InChI=1S/C19H32NO5P/c1-4-23-19(21)15-11-10-14-18(26(22,24-5-2)25-6-3)20-16-17-12-8-7-9-13-17/h7-9,12-13,18,20H,4-6,10-11,14-16H2,1-3H3. The number of hydrogen-bond acceptors (Lipinski definition) is 6. The fraction of sp³-hybridized carbons (Fsp3) is 0.632. The summed E-state index contributed by atoms with van der Waals surface area (Å²) >= 11 is 0. The highest BCUT2D eigenvalue weighted by Gasteiger charge is 2.34. The number of benzene rings is 1. The second kappa shape index (κ2) is 13.0. The molecule has 0 amide bonds. The van der Waals surface area contributed by atoms with Crippen LogP contribution in [0.5, 0.6) is 0 Å². The Morgan fingerprint density at radius 3 is 2.27 bits per heavy atom. The Labute approximate surface area is 157 Å². The summed E-state index contributed by atoms with van der Waals surface area (Å²) in [4.78, 5) is 11.5. The van der Waals surface area contributed by atoms with Gasteiger partial charge in [-0.3, -0.25) is 14.7 Å². The lowest BCUT2D eigenvalue weighted by Gasteiger charge is -2.27. The van der Waals surface area contributed by atoms with E-state index in [4.69, 9.17) is 13.8 Å². The molecule has 1 aromatic rings. The third kappa shape index (κ3) is 8.45. The van der Waals surface area contributed by atoms with E-state index >= 15 is 0 Å². The van der Waals surface area contributed by atoms with Gasteiger partial charge in [0.05, 0.1) is 19.8 Å². The van der Waals surface area contributed by atoms with Crippen molar-refractivity contribution < 1.29 is 23.1 Å². The molecule has 7 heteroatoms. The SMILES string of the molecule is CCOC(=O)CCCCC(NCc1ccccc1)P(=O)(OCC)OCC. The second-order valence-electron chi connectivity index (χ2n) is 5.81. The van der Waals surface area contributed by atoms with E-state index in [0.29, 0.717) is 45.6 Å². The molecule has 1 N–H and O–H groups in total. The van der Waals surface area contributed by atoms with Crippen LogP contribution in [0.4, 0.5) is 0 Å². The van der Waals surface area contributed by atoms with Crippen LogP contribution in [-0.4, -0.2) is 31.6 Å². The summed E-state index contributed by atoms with van der Waals surface area (Å²) in [7, 11) is -3.27. The minimum Gasteiger partial charge on any atom is -0.466 e. The number of carbonyl (C=O) groups is 1. The monoisotopic (exact) mass is 385 g/mol. The van der Waals surface area contributed by atoms with Gasteiger partial charge < -0.3 is 13.8 Å². The molecular formula is C19H32NO5P. The van der Waals surface area contributed by atoms with Gasteiger partial charge in [-0.1, -0.05) is 36.8 Å². The van der Waals surface area contributed by atoms with Gasteiger partial charge in [0.15, 0.2) is 0 Å². The van der Waals surface area contributed by atoms with Gasteiger partial charge in [0.1, 0.15) is 5.78 Å². The Hall–Kier alpha value is -1.20. The average Bonchev–Trinajstić information content (AvgIpc) is 2.62. The first kappa shape index (κ1) is 22.8. The zero-order valence-electron chi connectivity index (χ0n) is 16.1. The highest BCUT2D eigenvalue weighted by Crippen LogP contribution is 2.53. The van der Waals surface area contributed by atoms with E-state index in [1.165, 1.54) is 0 Å². The zero-order valence-corrected chi connectivity index (χ0v) is 17.0. The second-order valence-corrected chi connectivity index (χ2v) is 8.03. The normalized spacial score (nSPS) is 12.7. The molecule has 0 spiro atoms. The molecule has 0 aliphatic carbocycles. The fourth-order valence-corrected chi connectivity index (χ4v) is 4.59. The first-order valence-corrected chi connectivity index (χ1v) is 11.0. The van der Waals surface area contributed by atoms with Crippen molar-refractivity contribution in [2.75, 3.05) is 19.8 Å². The number of carbonyl (C=O) groups excluding carboxylic acids is 1. The van der Waals surface area contributed by atoms with Gasteiger partial charge in [0.2, 0.25) is 0 Å². The summed E-state index contributed by atoms with van der Waals surface area (Å²) in [6.07, 6.45) is 2.38. The summed E-state index contributed by atoms with van der Waals surface area (Å²) in [6, 6.07) is 9.92. The maximum Gasteiger partial charge on any atom is 0.347 e. The lowest BCUT2D eigenvalue weighted by molar-refractivity contribution is -0.143. The van der Waals surface area contributed by atoms with E-state index in [1.807, 2.05) is 30.3 Å². The third-order valence-corrected chi connectivity index (χ3v) is 6.24. The van der Waals surface area contributed by atoms with Crippen LogP contribution >= 0.6 is 7.60 Å².